The summed E-state index contributed by atoms with van der Waals surface area (Å²) >= 11 is 12.6. The van der Waals surface area contributed by atoms with Crippen molar-refractivity contribution < 1.29 is 17.9 Å². The van der Waals surface area contributed by atoms with Crippen molar-refractivity contribution in [3.05, 3.63) is 75.5 Å². The number of benzene rings is 2. The SMILES string of the molecule is CCC(CS(=O)(=O)C(C)(C)C)N1C(=O)C(Cc2nnnn2C)OC(c2cccc(Cl)c2)C1c1ccc(Cl)cc1. The van der Waals surface area contributed by atoms with Gasteiger partial charge in [0.05, 0.1) is 16.5 Å². The molecule has 4 rings (SSSR count). The zero-order valence-electron chi connectivity index (χ0n) is 22.6. The van der Waals surface area contributed by atoms with Gasteiger partial charge in [0, 0.05) is 29.6 Å². The molecule has 0 bridgehead atoms. The van der Waals surface area contributed by atoms with Crippen molar-refractivity contribution in [1.82, 2.24) is 25.1 Å². The highest BCUT2D eigenvalue weighted by Gasteiger charge is 2.48. The summed E-state index contributed by atoms with van der Waals surface area (Å²) in [5.74, 6) is -0.0470. The molecule has 4 atom stereocenters. The molecule has 3 aromatic rings. The van der Waals surface area contributed by atoms with E-state index in [9.17, 15) is 13.2 Å². The first-order valence-electron chi connectivity index (χ1n) is 12.7. The van der Waals surface area contributed by atoms with Crippen LogP contribution in [-0.4, -0.2) is 62.1 Å². The Bertz CT molecular complexity index is 1420. The first-order valence-corrected chi connectivity index (χ1v) is 15.1. The van der Waals surface area contributed by atoms with Gasteiger partial charge in [-0.15, -0.1) is 5.10 Å². The van der Waals surface area contributed by atoms with Crippen LogP contribution in [0.5, 0.6) is 0 Å². The van der Waals surface area contributed by atoms with Crippen LogP contribution in [0.25, 0.3) is 0 Å². The topological polar surface area (TPSA) is 107 Å². The summed E-state index contributed by atoms with van der Waals surface area (Å²) in [6.07, 6.45) is -1.06. The molecule has 0 spiro atoms. The summed E-state index contributed by atoms with van der Waals surface area (Å²) in [6.45, 7) is 6.91. The third-order valence-corrected chi connectivity index (χ3v) is 10.3. The van der Waals surface area contributed by atoms with Crippen molar-refractivity contribution in [2.75, 3.05) is 5.75 Å². The number of carbonyl (C=O) groups is 1. The second kappa shape index (κ2) is 11.5. The zero-order valence-corrected chi connectivity index (χ0v) is 24.9. The lowest BCUT2D eigenvalue weighted by Gasteiger charge is -2.48. The molecule has 0 N–H and O–H groups in total. The third-order valence-electron chi connectivity index (χ3n) is 7.10. The molecule has 210 valence electrons. The number of aryl methyl sites for hydroxylation is 1. The van der Waals surface area contributed by atoms with Gasteiger partial charge >= 0.3 is 0 Å². The van der Waals surface area contributed by atoms with E-state index in [4.69, 9.17) is 27.9 Å². The van der Waals surface area contributed by atoms with Crippen LogP contribution in [0, 0.1) is 0 Å². The smallest absolute Gasteiger partial charge is 0.253 e. The Labute approximate surface area is 239 Å². The highest BCUT2D eigenvalue weighted by atomic mass is 35.5. The lowest BCUT2D eigenvalue weighted by atomic mass is 9.89. The maximum absolute atomic E-state index is 14.3. The minimum absolute atomic E-state index is 0.117. The number of hydrogen-bond acceptors (Lipinski definition) is 7. The number of amides is 1. The predicted molar refractivity (Wildman–Crippen MR) is 150 cm³/mol. The van der Waals surface area contributed by atoms with E-state index in [1.807, 2.05) is 31.2 Å². The largest absolute Gasteiger partial charge is 0.357 e. The minimum Gasteiger partial charge on any atom is -0.357 e. The second-order valence-corrected chi connectivity index (χ2v) is 14.4. The summed E-state index contributed by atoms with van der Waals surface area (Å²) in [5.41, 5.74) is 1.53. The monoisotopic (exact) mass is 593 g/mol. The van der Waals surface area contributed by atoms with Gasteiger partial charge < -0.3 is 9.64 Å². The third kappa shape index (κ3) is 6.29. The Balaban J connectivity index is 1.88. The van der Waals surface area contributed by atoms with Crippen molar-refractivity contribution in [2.24, 2.45) is 7.05 Å². The van der Waals surface area contributed by atoms with Crippen molar-refractivity contribution in [3.63, 3.8) is 0 Å². The molecular weight excluding hydrogens is 561 g/mol. The molecule has 1 amide bonds. The molecule has 1 aliphatic heterocycles. The molecule has 0 saturated carbocycles. The van der Waals surface area contributed by atoms with Crippen molar-refractivity contribution >= 4 is 38.9 Å². The molecule has 4 unspecified atom stereocenters. The number of carbonyl (C=O) groups excluding carboxylic acids is 1. The molecule has 0 aliphatic carbocycles. The number of tetrazole rings is 1. The number of halogens is 2. The zero-order chi connectivity index (χ0) is 28.5. The quantitative estimate of drug-likeness (QED) is 0.370. The van der Waals surface area contributed by atoms with Crippen LogP contribution in [0.15, 0.2) is 48.5 Å². The van der Waals surface area contributed by atoms with Crippen molar-refractivity contribution in [1.29, 1.82) is 0 Å². The van der Waals surface area contributed by atoms with Crippen molar-refractivity contribution in [2.45, 2.75) is 69.6 Å². The summed E-state index contributed by atoms with van der Waals surface area (Å²) in [5, 5.41) is 12.7. The molecule has 9 nitrogen and oxygen atoms in total. The van der Waals surface area contributed by atoms with Gasteiger partial charge in [-0.25, -0.2) is 13.1 Å². The Hall–Kier alpha value is -2.53. The van der Waals surface area contributed by atoms with Gasteiger partial charge in [0.1, 0.15) is 12.2 Å². The normalized spacial score (nSPS) is 21.3. The maximum Gasteiger partial charge on any atom is 0.253 e. The number of ether oxygens (including phenoxy) is 1. The summed E-state index contributed by atoms with van der Waals surface area (Å²) in [4.78, 5) is 16.0. The summed E-state index contributed by atoms with van der Waals surface area (Å²) < 4.78 is 33.9. The van der Waals surface area contributed by atoms with E-state index in [0.29, 0.717) is 22.3 Å². The van der Waals surface area contributed by atoms with E-state index < -0.39 is 38.9 Å². The van der Waals surface area contributed by atoms with Gasteiger partial charge in [-0.2, -0.15) is 0 Å². The van der Waals surface area contributed by atoms with E-state index in [0.717, 1.165) is 11.1 Å². The van der Waals surface area contributed by atoms with Crippen LogP contribution in [0.3, 0.4) is 0 Å². The fraction of sp³-hybridized carbons (Fsp3) is 0.481. The summed E-state index contributed by atoms with van der Waals surface area (Å²) in [7, 11) is -1.88. The van der Waals surface area contributed by atoms with Gasteiger partial charge in [0.15, 0.2) is 15.7 Å². The number of sulfone groups is 1. The predicted octanol–water partition coefficient (Wildman–Crippen LogP) is 4.76. The van der Waals surface area contributed by atoms with Gasteiger partial charge in [0.2, 0.25) is 0 Å². The first-order chi connectivity index (χ1) is 18.3. The molecule has 1 saturated heterocycles. The van der Waals surface area contributed by atoms with Crippen molar-refractivity contribution in [3.8, 4) is 0 Å². The number of nitrogens with zero attached hydrogens (tertiary/aromatic N) is 5. The standard InChI is InChI=1S/C27H33Cl2N5O4S/c1-6-21(16-39(36,37)27(2,3)4)34-24(17-10-12-19(28)13-11-17)25(18-8-7-9-20(29)14-18)38-22(26(34)35)15-23-30-31-32-33(23)5/h7-14,21-22,24-25H,6,15-16H2,1-5H3. The van der Waals surface area contributed by atoms with Crippen LogP contribution in [0.4, 0.5) is 0 Å². The minimum atomic E-state index is -3.57. The molecule has 1 aromatic heterocycles. The maximum atomic E-state index is 14.3. The van der Waals surface area contributed by atoms with E-state index in [-0.39, 0.29) is 18.1 Å². The Kier molecular flexibility index (Phi) is 8.70. The van der Waals surface area contributed by atoms with E-state index in [1.165, 1.54) is 4.68 Å². The van der Waals surface area contributed by atoms with Gasteiger partial charge in [-0.1, -0.05) is 54.4 Å². The van der Waals surface area contributed by atoms with Crippen LogP contribution < -0.4 is 0 Å². The second-order valence-electron chi connectivity index (χ2n) is 10.7. The number of aromatic nitrogens is 4. The van der Waals surface area contributed by atoms with E-state index in [2.05, 4.69) is 15.5 Å². The average molecular weight is 595 g/mol. The Morgan fingerprint density at radius 1 is 1.05 bits per heavy atom. The molecular formula is C27H33Cl2N5O4S. The van der Waals surface area contributed by atoms with Gasteiger partial charge in [-0.05, 0) is 73.0 Å². The Morgan fingerprint density at radius 3 is 2.31 bits per heavy atom. The van der Waals surface area contributed by atoms with Crippen LogP contribution in [-0.2, 0) is 32.8 Å². The van der Waals surface area contributed by atoms with Crippen LogP contribution >= 0.6 is 23.2 Å². The summed E-state index contributed by atoms with van der Waals surface area (Å²) in [6, 6.07) is 13.2. The molecule has 0 radical (unpaired) electrons. The lowest BCUT2D eigenvalue weighted by molar-refractivity contribution is -0.178. The molecule has 12 heteroatoms. The molecule has 2 aromatic carbocycles. The molecule has 1 fully saturated rings. The first kappa shape index (κ1) is 29.5. The van der Waals surface area contributed by atoms with E-state index >= 15 is 0 Å². The number of rotatable bonds is 8. The number of morpholine rings is 1. The molecule has 2 heterocycles. The van der Waals surface area contributed by atoms with Crippen LogP contribution in [0.1, 0.15) is 63.2 Å². The van der Waals surface area contributed by atoms with Gasteiger partial charge in [-0.3, -0.25) is 4.79 Å². The van der Waals surface area contributed by atoms with E-state index in [1.54, 1.807) is 57.0 Å². The number of hydrogen-bond donors (Lipinski definition) is 0. The highest BCUT2D eigenvalue weighted by molar-refractivity contribution is 7.92. The Morgan fingerprint density at radius 2 is 1.74 bits per heavy atom. The van der Waals surface area contributed by atoms with Crippen LogP contribution in [0.2, 0.25) is 10.0 Å². The average Bonchev–Trinajstić information content (AvgIpc) is 3.27. The fourth-order valence-corrected chi connectivity index (χ4v) is 6.45. The molecule has 1 aliphatic rings. The highest BCUT2D eigenvalue weighted by Crippen LogP contribution is 2.45. The molecule has 39 heavy (non-hydrogen) atoms. The fourth-order valence-electron chi connectivity index (χ4n) is 4.73. The lowest BCUT2D eigenvalue weighted by Crippen LogP contribution is -2.57. The van der Waals surface area contributed by atoms with Gasteiger partial charge in [0.25, 0.3) is 5.91 Å².